The van der Waals surface area contributed by atoms with Gasteiger partial charge in [0.15, 0.2) is 5.17 Å². The highest BCUT2D eigenvalue weighted by Gasteiger charge is 2.33. The number of hydrogen-bond donors (Lipinski definition) is 1. The summed E-state index contributed by atoms with van der Waals surface area (Å²) in [5.74, 6) is 0.397. The summed E-state index contributed by atoms with van der Waals surface area (Å²) in [7, 11) is 0. The Bertz CT molecular complexity index is 1360. The summed E-state index contributed by atoms with van der Waals surface area (Å²) in [6.07, 6.45) is 5.57. The number of aliphatic imine (C=N–C) groups is 1. The number of benzene rings is 2. The lowest BCUT2D eigenvalue weighted by atomic mass is 10.1. The highest BCUT2D eigenvalue weighted by Crippen LogP contribution is 2.33. The summed E-state index contributed by atoms with van der Waals surface area (Å²) >= 11 is 7.58. The van der Waals surface area contributed by atoms with Gasteiger partial charge in [-0.2, -0.15) is 4.99 Å². The van der Waals surface area contributed by atoms with E-state index in [2.05, 4.69) is 9.56 Å². The standard InChI is InChI=1S/C24H19ClN4O2S/c1-15-13-29-22(26)18(23(30)27-24(29)32-15)12-16-14-28(20-8-4-2-6-17(16)20)10-11-31-21-9-5-3-7-19(21)25/h2-9,12-14,26H,10-11H2,1H3. The number of hydrogen-bond acceptors (Lipinski definition) is 4. The third-order valence-electron chi connectivity index (χ3n) is 5.24. The first-order valence-electron chi connectivity index (χ1n) is 10.1. The second kappa shape index (κ2) is 8.33. The molecule has 1 amide bonds. The molecule has 5 rings (SSSR count). The first kappa shape index (κ1) is 20.6. The summed E-state index contributed by atoms with van der Waals surface area (Å²) in [6.45, 7) is 2.98. The van der Waals surface area contributed by atoms with Crippen LogP contribution in [-0.4, -0.2) is 33.0 Å². The molecule has 3 heterocycles. The second-order valence-corrected chi connectivity index (χ2v) is 9.01. The number of rotatable bonds is 5. The molecule has 0 saturated carbocycles. The van der Waals surface area contributed by atoms with E-state index in [-0.39, 0.29) is 11.4 Å². The van der Waals surface area contributed by atoms with E-state index in [0.29, 0.717) is 29.1 Å². The fourth-order valence-electron chi connectivity index (χ4n) is 3.75. The van der Waals surface area contributed by atoms with Gasteiger partial charge in [-0.3, -0.25) is 15.1 Å². The molecule has 160 valence electrons. The van der Waals surface area contributed by atoms with Crippen LogP contribution in [0.15, 0.2) is 76.4 Å². The van der Waals surface area contributed by atoms with E-state index in [1.807, 2.05) is 61.8 Å². The normalized spacial score (nSPS) is 17.1. The zero-order valence-electron chi connectivity index (χ0n) is 17.2. The van der Waals surface area contributed by atoms with Crippen molar-refractivity contribution in [3.05, 3.63) is 82.0 Å². The average molecular weight is 463 g/mol. The molecule has 0 radical (unpaired) electrons. The molecular weight excluding hydrogens is 444 g/mol. The van der Waals surface area contributed by atoms with E-state index in [1.54, 1.807) is 17.0 Å². The summed E-state index contributed by atoms with van der Waals surface area (Å²) in [5, 5.41) is 10.7. The molecule has 0 aliphatic carbocycles. The number of nitrogens with one attached hydrogen (secondary N) is 1. The number of halogens is 1. The molecule has 0 unspecified atom stereocenters. The zero-order valence-corrected chi connectivity index (χ0v) is 18.8. The van der Waals surface area contributed by atoms with Crippen LogP contribution in [0.3, 0.4) is 0 Å². The Morgan fingerprint density at radius 1 is 1.19 bits per heavy atom. The van der Waals surface area contributed by atoms with Crippen LogP contribution in [0.25, 0.3) is 17.0 Å². The molecule has 0 saturated heterocycles. The number of ether oxygens (including phenoxy) is 1. The van der Waals surface area contributed by atoms with Crippen LogP contribution in [0.2, 0.25) is 5.02 Å². The molecule has 0 atom stereocenters. The Morgan fingerprint density at radius 3 is 2.81 bits per heavy atom. The van der Waals surface area contributed by atoms with Gasteiger partial charge in [-0.1, -0.05) is 53.7 Å². The summed E-state index contributed by atoms with van der Waals surface area (Å²) < 4.78 is 7.93. The molecule has 3 aromatic rings. The van der Waals surface area contributed by atoms with Gasteiger partial charge in [0.2, 0.25) is 0 Å². The lowest BCUT2D eigenvalue weighted by Crippen LogP contribution is -2.35. The van der Waals surface area contributed by atoms with Crippen LogP contribution in [-0.2, 0) is 11.3 Å². The number of thioether (sulfide) groups is 1. The van der Waals surface area contributed by atoms with Crippen LogP contribution in [0.5, 0.6) is 5.75 Å². The molecular formula is C24H19ClN4O2S. The SMILES string of the molecule is CC1=CN2C(=N)C(=Cc3cn(CCOc4ccccc4Cl)c4ccccc34)C(=O)N=C2S1. The van der Waals surface area contributed by atoms with Crippen molar-refractivity contribution in [2.45, 2.75) is 13.5 Å². The molecule has 2 aliphatic heterocycles. The van der Waals surface area contributed by atoms with Crippen molar-refractivity contribution in [2.75, 3.05) is 6.61 Å². The molecule has 8 heteroatoms. The van der Waals surface area contributed by atoms with E-state index in [9.17, 15) is 4.79 Å². The Hall–Kier alpha value is -3.29. The largest absolute Gasteiger partial charge is 0.490 e. The van der Waals surface area contributed by atoms with Crippen molar-refractivity contribution in [1.82, 2.24) is 9.47 Å². The second-order valence-electron chi connectivity index (χ2n) is 7.39. The fourth-order valence-corrected chi connectivity index (χ4v) is 4.76. The quantitative estimate of drug-likeness (QED) is 0.505. The topological polar surface area (TPSA) is 70.7 Å². The number of amides is 1. The van der Waals surface area contributed by atoms with Gasteiger partial charge in [0.05, 0.1) is 17.1 Å². The van der Waals surface area contributed by atoms with Crippen LogP contribution in [0.1, 0.15) is 12.5 Å². The first-order chi connectivity index (χ1) is 15.5. The number of carbonyl (C=O) groups excluding carboxylic acids is 1. The van der Waals surface area contributed by atoms with Crippen molar-refractivity contribution in [3.63, 3.8) is 0 Å². The molecule has 32 heavy (non-hydrogen) atoms. The lowest BCUT2D eigenvalue weighted by molar-refractivity contribution is -0.114. The molecule has 2 aromatic carbocycles. The van der Waals surface area contributed by atoms with Gasteiger partial charge < -0.3 is 9.30 Å². The minimum Gasteiger partial charge on any atom is -0.490 e. The zero-order chi connectivity index (χ0) is 22.2. The third-order valence-corrected chi connectivity index (χ3v) is 6.45. The Morgan fingerprint density at radius 2 is 1.97 bits per heavy atom. The predicted octanol–water partition coefficient (Wildman–Crippen LogP) is 5.54. The van der Waals surface area contributed by atoms with Crippen molar-refractivity contribution < 1.29 is 9.53 Å². The van der Waals surface area contributed by atoms with E-state index < -0.39 is 5.91 Å². The van der Waals surface area contributed by atoms with Crippen molar-refractivity contribution >= 4 is 57.3 Å². The van der Waals surface area contributed by atoms with E-state index in [4.69, 9.17) is 21.7 Å². The highest BCUT2D eigenvalue weighted by atomic mass is 35.5. The lowest BCUT2D eigenvalue weighted by Gasteiger charge is -2.22. The van der Waals surface area contributed by atoms with E-state index >= 15 is 0 Å². The third kappa shape index (κ3) is 3.74. The van der Waals surface area contributed by atoms with Gasteiger partial charge in [-0.05, 0) is 31.2 Å². The molecule has 0 fully saturated rings. The molecule has 2 aliphatic rings. The van der Waals surface area contributed by atoms with Crippen LogP contribution < -0.4 is 4.74 Å². The fraction of sp³-hybridized carbons (Fsp3) is 0.125. The van der Waals surface area contributed by atoms with Gasteiger partial charge in [0.25, 0.3) is 5.91 Å². The maximum atomic E-state index is 12.7. The first-order valence-corrected chi connectivity index (χ1v) is 11.2. The Balaban J connectivity index is 1.45. The summed E-state index contributed by atoms with van der Waals surface area (Å²) in [5.41, 5.74) is 2.15. The number of nitrogens with zero attached hydrogens (tertiary/aromatic N) is 3. The molecule has 6 nitrogen and oxygen atoms in total. The maximum absolute atomic E-state index is 12.7. The van der Waals surface area contributed by atoms with Gasteiger partial charge in [0, 0.05) is 33.8 Å². The smallest absolute Gasteiger partial charge is 0.283 e. The summed E-state index contributed by atoms with van der Waals surface area (Å²) in [4.78, 5) is 19.5. The number of para-hydroxylation sites is 2. The number of carbonyl (C=O) groups is 1. The minimum absolute atomic E-state index is 0.142. The monoisotopic (exact) mass is 462 g/mol. The summed E-state index contributed by atoms with van der Waals surface area (Å²) in [6, 6.07) is 15.4. The number of amidine groups is 2. The highest BCUT2D eigenvalue weighted by molar-refractivity contribution is 8.17. The van der Waals surface area contributed by atoms with Crippen molar-refractivity contribution in [2.24, 2.45) is 4.99 Å². The van der Waals surface area contributed by atoms with Gasteiger partial charge in [0.1, 0.15) is 18.2 Å². The molecule has 1 aromatic heterocycles. The minimum atomic E-state index is -0.393. The maximum Gasteiger partial charge on any atom is 0.283 e. The van der Waals surface area contributed by atoms with Crippen LogP contribution in [0, 0.1) is 5.41 Å². The number of aromatic nitrogens is 1. The van der Waals surface area contributed by atoms with Crippen molar-refractivity contribution in [3.8, 4) is 5.75 Å². The van der Waals surface area contributed by atoms with Gasteiger partial charge in [-0.25, -0.2) is 0 Å². The van der Waals surface area contributed by atoms with Crippen LogP contribution in [0.4, 0.5) is 0 Å². The average Bonchev–Trinajstić information content (AvgIpc) is 3.33. The molecule has 0 spiro atoms. The Kier molecular flexibility index (Phi) is 5.36. The van der Waals surface area contributed by atoms with E-state index in [1.165, 1.54) is 11.8 Å². The molecule has 1 N–H and O–H groups in total. The van der Waals surface area contributed by atoms with Gasteiger partial charge in [-0.15, -0.1) is 0 Å². The van der Waals surface area contributed by atoms with Gasteiger partial charge >= 0.3 is 0 Å². The molecule has 0 bridgehead atoms. The predicted molar refractivity (Wildman–Crippen MR) is 130 cm³/mol. The Labute approximate surface area is 194 Å². The van der Waals surface area contributed by atoms with Crippen molar-refractivity contribution in [1.29, 1.82) is 5.41 Å². The number of fused-ring (bicyclic) bond motifs is 2. The number of allylic oxidation sites excluding steroid dienone is 1. The van der Waals surface area contributed by atoms with Crippen LogP contribution >= 0.6 is 23.4 Å². The van der Waals surface area contributed by atoms with E-state index in [0.717, 1.165) is 21.4 Å².